The van der Waals surface area contributed by atoms with Crippen molar-refractivity contribution < 1.29 is 45.0 Å². The summed E-state index contributed by atoms with van der Waals surface area (Å²) in [5.74, 6) is -1.91. The lowest BCUT2D eigenvalue weighted by Crippen LogP contribution is -2.42. The number of benzene rings is 2. The van der Waals surface area contributed by atoms with Gasteiger partial charge in [-0.1, -0.05) is 12.1 Å². The Kier molecular flexibility index (Phi) is 8.37. The molecule has 1 aliphatic carbocycles. The van der Waals surface area contributed by atoms with Gasteiger partial charge >= 0.3 is 12.4 Å². The van der Waals surface area contributed by atoms with Gasteiger partial charge in [-0.05, 0) is 85.9 Å². The first-order valence-electron chi connectivity index (χ1n) is 14.2. The van der Waals surface area contributed by atoms with Crippen LogP contribution in [0.3, 0.4) is 0 Å². The van der Waals surface area contributed by atoms with Crippen LogP contribution < -0.4 is 4.90 Å². The normalized spacial score (nSPS) is 17.0. The number of amides is 1. The van der Waals surface area contributed by atoms with Crippen LogP contribution >= 0.6 is 0 Å². The molecule has 1 fully saturated rings. The highest BCUT2D eigenvalue weighted by Crippen LogP contribution is 2.43. The maximum atomic E-state index is 14.1. The van der Waals surface area contributed by atoms with E-state index in [-0.39, 0.29) is 11.8 Å². The number of aryl methyl sites for hydroxylation is 1. The van der Waals surface area contributed by atoms with Gasteiger partial charge in [0.15, 0.2) is 5.79 Å². The maximum absolute atomic E-state index is 14.1. The summed E-state index contributed by atoms with van der Waals surface area (Å²) in [4.78, 5) is 19.7. The first-order valence-corrected chi connectivity index (χ1v) is 14.2. The van der Waals surface area contributed by atoms with Crippen molar-refractivity contribution in [2.45, 2.75) is 63.6 Å². The Balaban J connectivity index is 1.57. The van der Waals surface area contributed by atoms with Crippen LogP contribution in [0, 0.1) is 12.7 Å². The molecule has 1 spiro atoms. The van der Waals surface area contributed by atoms with E-state index in [4.69, 9.17) is 9.47 Å². The third kappa shape index (κ3) is 6.48. The van der Waals surface area contributed by atoms with Gasteiger partial charge in [-0.15, -0.1) is 0 Å². The quantitative estimate of drug-likeness (QED) is 0.264. The van der Waals surface area contributed by atoms with Gasteiger partial charge in [-0.2, -0.15) is 26.3 Å². The molecule has 2 aromatic carbocycles. The van der Waals surface area contributed by atoms with Crippen molar-refractivity contribution in [3.8, 4) is 11.1 Å². The molecule has 45 heavy (non-hydrogen) atoms. The molecule has 12 heteroatoms. The fraction of sp³-hybridized carbons (Fsp3) is 0.394. The summed E-state index contributed by atoms with van der Waals surface area (Å²) in [6.07, 6.45) is -5.02. The molecule has 1 aromatic heterocycles. The Labute approximate surface area is 255 Å². The molecule has 2 aliphatic rings. The monoisotopic (exact) mass is 636 g/mol. The molecular weight excluding hydrogens is 605 g/mol. The highest BCUT2D eigenvalue weighted by Gasteiger charge is 2.42. The molecule has 0 bridgehead atoms. The number of alkyl halides is 6. The van der Waals surface area contributed by atoms with Crippen molar-refractivity contribution in [3.05, 3.63) is 88.5 Å². The lowest BCUT2D eigenvalue weighted by atomic mass is 9.81. The third-order valence-corrected chi connectivity index (χ3v) is 8.45. The molecule has 5 rings (SSSR count). The molecule has 0 N–H and O–H groups in total. The van der Waals surface area contributed by atoms with E-state index >= 15 is 0 Å². The molecule has 1 aliphatic heterocycles. The van der Waals surface area contributed by atoms with E-state index in [1.165, 1.54) is 39.2 Å². The number of likely N-dealkylation sites (N-methyl/N-ethyl adjacent to an activating group) is 1. The number of hydrogen-bond acceptors (Lipinski definition) is 4. The van der Waals surface area contributed by atoms with E-state index in [9.17, 15) is 35.5 Å². The fourth-order valence-corrected chi connectivity index (χ4v) is 5.80. The molecule has 2 heterocycles. The van der Waals surface area contributed by atoms with Crippen molar-refractivity contribution in [1.82, 2.24) is 4.98 Å². The van der Waals surface area contributed by atoms with Crippen LogP contribution in [0.2, 0.25) is 0 Å². The molecule has 0 atom stereocenters. The standard InChI is InChI=1S/C33H31F7N2O3/c1-19-13-24(34)5-6-25(19)26-17-27(20-7-9-31(10-8-20)44-11-12-45-31)41-18-28(26)42(4)29(43)30(2,3)21-14-22(32(35,36)37)16-23(15-21)33(38,39)40/h5-7,13-18H,8-12H2,1-4H3. The van der Waals surface area contributed by atoms with Crippen molar-refractivity contribution in [3.63, 3.8) is 0 Å². The van der Waals surface area contributed by atoms with Crippen LogP contribution in [0.4, 0.5) is 36.4 Å². The lowest BCUT2D eigenvalue weighted by Gasteiger charge is -2.32. The number of nitrogens with zero attached hydrogens (tertiary/aromatic N) is 2. The number of rotatable bonds is 5. The minimum atomic E-state index is -5.07. The summed E-state index contributed by atoms with van der Waals surface area (Å²) in [6, 6.07) is 7.03. The van der Waals surface area contributed by atoms with Crippen molar-refractivity contribution >= 4 is 17.2 Å². The SMILES string of the molecule is Cc1cc(F)ccc1-c1cc(C2=CCC3(CC2)OCCO3)ncc1N(C)C(=O)C(C)(C)c1cc(C(F)(F)F)cc(C(F)(F)F)c1. The summed E-state index contributed by atoms with van der Waals surface area (Å²) >= 11 is 0. The number of pyridine rings is 1. The molecule has 1 saturated heterocycles. The second kappa shape index (κ2) is 11.5. The Morgan fingerprint density at radius 3 is 2.02 bits per heavy atom. The zero-order valence-electron chi connectivity index (χ0n) is 25.0. The van der Waals surface area contributed by atoms with E-state index in [2.05, 4.69) is 4.98 Å². The molecule has 1 amide bonds. The molecular formula is C33H31F7N2O3. The zero-order chi connectivity index (χ0) is 32.9. The summed E-state index contributed by atoms with van der Waals surface area (Å²) < 4.78 is 107. The van der Waals surface area contributed by atoms with Gasteiger partial charge in [-0.25, -0.2) is 4.39 Å². The number of carbonyl (C=O) groups excluding carboxylic acids is 1. The van der Waals surface area contributed by atoms with Gasteiger partial charge in [0.2, 0.25) is 5.91 Å². The van der Waals surface area contributed by atoms with Gasteiger partial charge in [0.1, 0.15) is 5.82 Å². The average molecular weight is 637 g/mol. The second-order valence-electron chi connectivity index (χ2n) is 11.9. The largest absolute Gasteiger partial charge is 0.416 e. The third-order valence-electron chi connectivity index (χ3n) is 8.45. The van der Waals surface area contributed by atoms with Crippen LogP contribution in [-0.4, -0.2) is 36.9 Å². The molecule has 0 unspecified atom stereocenters. The Morgan fingerprint density at radius 1 is 0.889 bits per heavy atom. The van der Waals surface area contributed by atoms with E-state index in [0.717, 1.165) is 10.5 Å². The van der Waals surface area contributed by atoms with Gasteiger partial charge in [-0.3, -0.25) is 9.78 Å². The zero-order valence-corrected chi connectivity index (χ0v) is 25.0. The Morgan fingerprint density at radius 2 is 1.49 bits per heavy atom. The van der Waals surface area contributed by atoms with Crippen molar-refractivity contribution in [2.24, 2.45) is 0 Å². The number of aromatic nitrogens is 1. The molecule has 5 nitrogen and oxygen atoms in total. The van der Waals surface area contributed by atoms with E-state index in [0.29, 0.717) is 67.0 Å². The van der Waals surface area contributed by atoms with Gasteiger partial charge in [0.25, 0.3) is 0 Å². The molecule has 0 radical (unpaired) electrons. The summed E-state index contributed by atoms with van der Waals surface area (Å²) in [5, 5.41) is 0. The number of halogens is 7. The van der Waals surface area contributed by atoms with E-state index in [1.807, 2.05) is 6.08 Å². The minimum absolute atomic E-state index is 0.0264. The van der Waals surface area contributed by atoms with Crippen LogP contribution in [0.15, 0.2) is 54.7 Å². The number of allylic oxidation sites excluding steroid dienone is 1. The first kappa shape index (κ1) is 32.6. The molecule has 240 valence electrons. The topological polar surface area (TPSA) is 51.7 Å². The van der Waals surface area contributed by atoms with Crippen molar-refractivity contribution in [2.75, 3.05) is 25.2 Å². The molecule has 0 saturated carbocycles. The number of hydrogen-bond donors (Lipinski definition) is 0. The first-order chi connectivity index (χ1) is 20.9. The van der Waals surface area contributed by atoms with Crippen LogP contribution in [0.5, 0.6) is 0 Å². The van der Waals surface area contributed by atoms with Gasteiger partial charge < -0.3 is 14.4 Å². The number of carbonyl (C=O) groups is 1. The lowest BCUT2D eigenvalue weighted by molar-refractivity contribution is -0.159. The minimum Gasteiger partial charge on any atom is -0.347 e. The van der Waals surface area contributed by atoms with Crippen molar-refractivity contribution in [1.29, 1.82) is 0 Å². The van der Waals surface area contributed by atoms with Gasteiger partial charge in [0.05, 0.1) is 47.3 Å². The summed E-state index contributed by atoms with van der Waals surface area (Å²) in [5.41, 5.74) is -1.96. The van der Waals surface area contributed by atoms with Crippen LogP contribution in [0.25, 0.3) is 16.7 Å². The van der Waals surface area contributed by atoms with Crippen LogP contribution in [-0.2, 0) is 32.0 Å². The predicted molar refractivity (Wildman–Crippen MR) is 154 cm³/mol. The number of anilines is 1. The second-order valence-corrected chi connectivity index (χ2v) is 11.9. The highest BCUT2D eigenvalue weighted by atomic mass is 19.4. The highest BCUT2D eigenvalue weighted by molar-refractivity contribution is 6.03. The Bertz CT molecular complexity index is 1620. The average Bonchev–Trinajstić information content (AvgIpc) is 3.43. The molecule has 3 aromatic rings. The summed E-state index contributed by atoms with van der Waals surface area (Å²) in [6.45, 7) is 5.25. The fourth-order valence-electron chi connectivity index (χ4n) is 5.80. The number of ether oxygens (including phenoxy) is 2. The summed E-state index contributed by atoms with van der Waals surface area (Å²) in [7, 11) is 1.37. The van der Waals surface area contributed by atoms with E-state index < -0.39 is 52.0 Å². The Hall–Kier alpha value is -3.77. The smallest absolute Gasteiger partial charge is 0.347 e. The van der Waals surface area contributed by atoms with Gasteiger partial charge in [0, 0.05) is 25.5 Å². The maximum Gasteiger partial charge on any atom is 0.416 e. The van der Waals surface area contributed by atoms with Crippen LogP contribution in [0.1, 0.15) is 61.1 Å². The predicted octanol–water partition coefficient (Wildman–Crippen LogP) is 8.48. The van der Waals surface area contributed by atoms with E-state index in [1.54, 1.807) is 19.1 Å².